The third kappa shape index (κ3) is 3.07. The highest BCUT2D eigenvalue weighted by Gasteiger charge is 2.11. The molecule has 0 saturated heterocycles. The third-order valence-corrected chi connectivity index (χ3v) is 3.32. The predicted octanol–water partition coefficient (Wildman–Crippen LogP) is 2.09. The van der Waals surface area contributed by atoms with Crippen molar-refractivity contribution in [1.82, 2.24) is 15.0 Å². The first-order valence-corrected chi connectivity index (χ1v) is 6.78. The zero-order valence-corrected chi connectivity index (χ0v) is 11.7. The Morgan fingerprint density at radius 1 is 1.00 bits per heavy atom. The van der Waals surface area contributed by atoms with Crippen molar-refractivity contribution in [2.75, 3.05) is 0 Å². The molecule has 0 saturated carbocycles. The first kappa shape index (κ1) is 14.1. The van der Waals surface area contributed by atoms with Gasteiger partial charge in [0.05, 0.1) is 18.8 Å². The van der Waals surface area contributed by atoms with Gasteiger partial charge in [0.1, 0.15) is 17.2 Å². The Kier molecular flexibility index (Phi) is 3.76. The average molecular weight is 297 g/mol. The summed E-state index contributed by atoms with van der Waals surface area (Å²) in [5, 5.41) is 36.9. The number of aliphatic hydroxyl groups is 1. The summed E-state index contributed by atoms with van der Waals surface area (Å²) >= 11 is 0. The van der Waals surface area contributed by atoms with E-state index < -0.39 is 6.10 Å². The highest BCUT2D eigenvalue weighted by Crippen LogP contribution is 2.22. The summed E-state index contributed by atoms with van der Waals surface area (Å²) in [7, 11) is 0. The average Bonchev–Trinajstić information content (AvgIpc) is 2.96. The number of hydrogen-bond acceptors (Lipinski definition) is 5. The van der Waals surface area contributed by atoms with Crippen LogP contribution in [-0.2, 0) is 6.54 Å². The fourth-order valence-electron chi connectivity index (χ4n) is 2.16. The molecule has 22 heavy (non-hydrogen) atoms. The standard InChI is InChI=1S/C16H15N3O3/c20-13-6-4-11(5-7-13)16(22)10-19-9-15(17-18-19)12-2-1-3-14(21)8-12/h1-9,16,20-22H,10H2. The van der Waals surface area contributed by atoms with E-state index in [4.69, 9.17) is 0 Å². The van der Waals surface area contributed by atoms with E-state index >= 15 is 0 Å². The zero-order valence-electron chi connectivity index (χ0n) is 11.7. The molecule has 0 aliphatic carbocycles. The Hall–Kier alpha value is -2.86. The number of phenols is 2. The van der Waals surface area contributed by atoms with Gasteiger partial charge in [-0.3, -0.25) is 0 Å². The second kappa shape index (κ2) is 5.87. The molecule has 1 aromatic heterocycles. The number of aromatic nitrogens is 3. The van der Waals surface area contributed by atoms with Crippen molar-refractivity contribution >= 4 is 0 Å². The van der Waals surface area contributed by atoms with Crippen molar-refractivity contribution in [3.8, 4) is 22.8 Å². The molecule has 0 bridgehead atoms. The second-order valence-electron chi connectivity index (χ2n) is 4.98. The molecule has 3 N–H and O–H groups in total. The van der Waals surface area contributed by atoms with Gasteiger partial charge in [-0.05, 0) is 29.8 Å². The van der Waals surface area contributed by atoms with Gasteiger partial charge in [0.2, 0.25) is 0 Å². The largest absolute Gasteiger partial charge is 0.508 e. The van der Waals surface area contributed by atoms with Crippen LogP contribution in [0.15, 0.2) is 54.7 Å². The van der Waals surface area contributed by atoms with Crippen LogP contribution in [0.4, 0.5) is 0 Å². The second-order valence-corrected chi connectivity index (χ2v) is 4.98. The molecule has 6 heteroatoms. The van der Waals surface area contributed by atoms with Crippen LogP contribution in [0, 0.1) is 0 Å². The minimum atomic E-state index is -0.751. The molecule has 2 aromatic carbocycles. The molecule has 0 aliphatic heterocycles. The van der Waals surface area contributed by atoms with Gasteiger partial charge in [0.25, 0.3) is 0 Å². The molecule has 6 nitrogen and oxygen atoms in total. The Balaban J connectivity index is 1.75. The molecule has 1 atom stereocenters. The van der Waals surface area contributed by atoms with Crippen molar-refractivity contribution in [3.63, 3.8) is 0 Å². The number of hydrogen-bond donors (Lipinski definition) is 3. The van der Waals surface area contributed by atoms with E-state index in [0.717, 1.165) is 5.56 Å². The van der Waals surface area contributed by atoms with Crippen molar-refractivity contribution in [2.45, 2.75) is 12.6 Å². The number of aromatic hydroxyl groups is 2. The highest BCUT2D eigenvalue weighted by atomic mass is 16.3. The Labute approximate surface area is 126 Å². The highest BCUT2D eigenvalue weighted by molar-refractivity contribution is 5.59. The first-order valence-electron chi connectivity index (χ1n) is 6.78. The van der Waals surface area contributed by atoms with Crippen molar-refractivity contribution < 1.29 is 15.3 Å². The van der Waals surface area contributed by atoms with E-state index in [2.05, 4.69) is 10.3 Å². The van der Waals surface area contributed by atoms with Crippen molar-refractivity contribution in [2.24, 2.45) is 0 Å². The van der Waals surface area contributed by atoms with E-state index in [1.807, 2.05) is 6.07 Å². The molecule has 0 amide bonds. The Morgan fingerprint density at radius 3 is 2.50 bits per heavy atom. The lowest BCUT2D eigenvalue weighted by molar-refractivity contribution is 0.150. The van der Waals surface area contributed by atoms with Gasteiger partial charge in [0.15, 0.2) is 0 Å². The van der Waals surface area contributed by atoms with Crippen LogP contribution in [0.5, 0.6) is 11.5 Å². The summed E-state index contributed by atoms with van der Waals surface area (Å²) in [6.45, 7) is 0.247. The molecule has 3 rings (SSSR count). The number of phenolic OH excluding ortho intramolecular Hbond substituents is 2. The van der Waals surface area contributed by atoms with Crippen LogP contribution < -0.4 is 0 Å². The number of rotatable bonds is 4. The normalized spacial score (nSPS) is 12.2. The molecule has 0 spiro atoms. The molecule has 0 aliphatic rings. The zero-order chi connectivity index (χ0) is 15.5. The number of nitrogens with zero attached hydrogens (tertiary/aromatic N) is 3. The minimum Gasteiger partial charge on any atom is -0.508 e. The van der Waals surface area contributed by atoms with Crippen LogP contribution >= 0.6 is 0 Å². The van der Waals surface area contributed by atoms with Crippen molar-refractivity contribution in [3.05, 3.63) is 60.3 Å². The number of aliphatic hydroxyl groups excluding tert-OH is 1. The quantitative estimate of drug-likeness (QED) is 0.686. The minimum absolute atomic E-state index is 0.155. The van der Waals surface area contributed by atoms with Crippen LogP contribution in [0.1, 0.15) is 11.7 Å². The SMILES string of the molecule is Oc1ccc(C(O)Cn2cc(-c3cccc(O)c3)nn2)cc1. The fraction of sp³-hybridized carbons (Fsp3) is 0.125. The summed E-state index contributed by atoms with van der Waals surface area (Å²) in [6.07, 6.45) is 0.956. The summed E-state index contributed by atoms with van der Waals surface area (Å²) in [4.78, 5) is 0. The summed E-state index contributed by atoms with van der Waals surface area (Å²) in [5.74, 6) is 0.319. The Morgan fingerprint density at radius 2 is 1.77 bits per heavy atom. The Bertz CT molecular complexity index is 768. The lowest BCUT2D eigenvalue weighted by Crippen LogP contribution is -2.09. The molecular weight excluding hydrogens is 282 g/mol. The first-order chi connectivity index (χ1) is 10.6. The maximum Gasteiger partial charge on any atom is 0.116 e. The monoisotopic (exact) mass is 297 g/mol. The molecule has 0 radical (unpaired) electrons. The maximum atomic E-state index is 10.2. The summed E-state index contributed by atoms with van der Waals surface area (Å²) in [5.41, 5.74) is 2.06. The van der Waals surface area contributed by atoms with Gasteiger partial charge >= 0.3 is 0 Å². The molecule has 112 valence electrons. The van der Waals surface area contributed by atoms with Crippen LogP contribution in [0.3, 0.4) is 0 Å². The lowest BCUT2D eigenvalue weighted by Gasteiger charge is -2.10. The predicted molar refractivity (Wildman–Crippen MR) is 80.2 cm³/mol. The molecule has 0 fully saturated rings. The molecule has 3 aromatic rings. The topological polar surface area (TPSA) is 91.4 Å². The van der Waals surface area contributed by atoms with E-state index in [1.54, 1.807) is 36.5 Å². The van der Waals surface area contributed by atoms with Gasteiger partial charge in [-0.25, -0.2) is 4.68 Å². The third-order valence-electron chi connectivity index (χ3n) is 3.32. The van der Waals surface area contributed by atoms with Crippen LogP contribution in [0.2, 0.25) is 0 Å². The van der Waals surface area contributed by atoms with Crippen molar-refractivity contribution in [1.29, 1.82) is 0 Å². The van der Waals surface area contributed by atoms with E-state index in [-0.39, 0.29) is 18.0 Å². The van der Waals surface area contributed by atoms with Crippen LogP contribution in [-0.4, -0.2) is 30.3 Å². The van der Waals surface area contributed by atoms with Crippen LogP contribution in [0.25, 0.3) is 11.3 Å². The lowest BCUT2D eigenvalue weighted by atomic mass is 10.1. The van der Waals surface area contributed by atoms with E-state index in [0.29, 0.717) is 11.3 Å². The van der Waals surface area contributed by atoms with Gasteiger partial charge < -0.3 is 15.3 Å². The van der Waals surface area contributed by atoms with E-state index in [9.17, 15) is 15.3 Å². The molecule has 1 heterocycles. The fourth-order valence-corrected chi connectivity index (χ4v) is 2.16. The van der Waals surface area contributed by atoms with Gasteiger partial charge in [0, 0.05) is 5.56 Å². The van der Waals surface area contributed by atoms with E-state index in [1.165, 1.54) is 16.8 Å². The summed E-state index contributed by atoms with van der Waals surface area (Å²) < 4.78 is 1.54. The van der Waals surface area contributed by atoms with Gasteiger partial charge in [-0.2, -0.15) is 0 Å². The maximum absolute atomic E-state index is 10.2. The summed E-state index contributed by atoms with van der Waals surface area (Å²) in [6, 6.07) is 13.1. The van der Waals surface area contributed by atoms with Gasteiger partial charge in [-0.1, -0.05) is 29.5 Å². The number of benzene rings is 2. The van der Waals surface area contributed by atoms with Gasteiger partial charge in [-0.15, -0.1) is 5.10 Å². The molecule has 1 unspecified atom stereocenters. The smallest absolute Gasteiger partial charge is 0.116 e. The molecular formula is C16H15N3O3.